The fourth-order valence-corrected chi connectivity index (χ4v) is 3.08. The van der Waals surface area contributed by atoms with Crippen LogP contribution in [0.2, 0.25) is 0 Å². The molecule has 2 aromatic carbocycles. The Kier molecular flexibility index (Phi) is 4.24. The van der Waals surface area contributed by atoms with Crippen molar-refractivity contribution in [3.05, 3.63) is 89.5 Å². The van der Waals surface area contributed by atoms with E-state index in [0.29, 0.717) is 11.4 Å². The number of nitrogens with one attached hydrogen (secondary N) is 1. The molecule has 1 unspecified atom stereocenters. The monoisotopic (exact) mass is 363 g/mol. The van der Waals surface area contributed by atoms with Crippen LogP contribution in [0.1, 0.15) is 33.5 Å². The van der Waals surface area contributed by atoms with Gasteiger partial charge in [0, 0.05) is 24.8 Å². The van der Waals surface area contributed by atoms with Gasteiger partial charge in [-0.25, -0.2) is 9.37 Å². The summed E-state index contributed by atoms with van der Waals surface area (Å²) in [6.45, 7) is 1.98. The van der Waals surface area contributed by atoms with Crippen molar-refractivity contribution in [2.45, 2.75) is 13.0 Å². The molecule has 1 amide bonds. The van der Waals surface area contributed by atoms with Gasteiger partial charge in [0.2, 0.25) is 0 Å². The van der Waals surface area contributed by atoms with Crippen LogP contribution in [0.15, 0.2) is 65.3 Å². The van der Waals surface area contributed by atoms with Gasteiger partial charge in [-0.05, 0) is 42.8 Å². The van der Waals surface area contributed by atoms with Crippen LogP contribution in [0.25, 0.3) is 11.0 Å². The number of amides is 1. The fraction of sp³-hybridized carbons (Fsp3) is 0.143. The van der Waals surface area contributed by atoms with E-state index < -0.39 is 6.04 Å². The van der Waals surface area contributed by atoms with Crippen molar-refractivity contribution in [2.24, 2.45) is 7.05 Å². The summed E-state index contributed by atoms with van der Waals surface area (Å²) < 4.78 is 20.8. The van der Waals surface area contributed by atoms with Gasteiger partial charge in [-0.15, -0.1) is 0 Å². The highest BCUT2D eigenvalue weighted by Gasteiger charge is 2.23. The Morgan fingerprint density at radius 1 is 1.19 bits per heavy atom. The Morgan fingerprint density at radius 2 is 1.96 bits per heavy atom. The van der Waals surface area contributed by atoms with Gasteiger partial charge >= 0.3 is 0 Å². The first-order valence-electron chi connectivity index (χ1n) is 8.55. The topological polar surface area (TPSA) is 60.1 Å². The third-order valence-electron chi connectivity index (χ3n) is 4.49. The lowest BCUT2D eigenvalue weighted by molar-refractivity contribution is 0.0915. The first-order chi connectivity index (χ1) is 13.0. The van der Waals surface area contributed by atoms with Gasteiger partial charge in [0.25, 0.3) is 5.91 Å². The Morgan fingerprint density at radius 3 is 2.67 bits per heavy atom. The summed E-state index contributed by atoms with van der Waals surface area (Å²) in [5, 5.41) is 3.82. The van der Waals surface area contributed by atoms with Gasteiger partial charge in [0.1, 0.15) is 23.3 Å². The number of aryl methyl sites for hydroxylation is 2. The Balaban J connectivity index is 1.68. The zero-order valence-electron chi connectivity index (χ0n) is 14.9. The summed E-state index contributed by atoms with van der Waals surface area (Å²) >= 11 is 0. The predicted octanol–water partition coefficient (Wildman–Crippen LogP) is 4.13. The minimum Gasteiger partial charge on any atom is -0.451 e. The maximum absolute atomic E-state index is 13.3. The van der Waals surface area contributed by atoms with Crippen LogP contribution in [-0.2, 0) is 7.05 Å². The molecule has 0 aliphatic rings. The summed E-state index contributed by atoms with van der Waals surface area (Å²) in [4.78, 5) is 17.2. The Hall–Kier alpha value is -3.41. The SMILES string of the molecule is Cc1ccc2oc(C(=O)NC(c3ccc(F)cc3)c3nccn3C)cc2c1. The van der Waals surface area contributed by atoms with Crippen molar-refractivity contribution < 1.29 is 13.6 Å². The molecule has 1 atom stereocenters. The van der Waals surface area contributed by atoms with Gasteiger partial charge < -0.3 is 14.3 Å². The first kappa shape index (κ1) is 17.0. The summed E-state index contributed by atoms with van der Waals surface area (Å²) in [5.74, 6) is 0.163. The second-order valence-corrected chi connectivity index (χ2v) is 6.51. The van der Waals surface area contributed by atoms with Crippen LogP contribution in [-0.4, -0.2) is 15.5 Å². The highest BCUT2D eigenvalue weighted by molar-refractivity contribution is 5.96. The number of carbonyl (C=O) groups excluding carboxylic acids is 1. The Bertz CT molecular complexity index is 1110. The summed E-state index contributed by atoms with van der Waals surface area (Å²) in [6, 6.07) is 12.9. The van der Waals surface area contributed by atoms with E-state index >= 15 is 0 Å². The van der Waals surface area contributed by atoms with E-state index in [9.17, 15) is 9.18 Å². The maximum Gasteiger partial charge on any atom is 0.287 e. The number of hydrogen-bond donors (Lipinski definition) is 1. The molecule has 0 fully saturated rings. The molecule has 4 rings (SSSR count). The van der Waals surface area contributed by atoms with Gasteiger partial charge in [0.15, 0.2) is 5.76 Å². The first-order valence-corrected chi connectivity index (χ1v) is 8.55. The molecular weight excluding hydrogens is 345 g/mol. The molecule has 6 heteroatoms. The molecule has 4 aromatic rings. The molecule has 5 nitrogen and oxygen atoms in total. The van der Waals surface area contributed by atoms with Crippen LogP contribution in [0, 0.1) is 12.7 Å². The largest absolute Gasteiger partial charge is 0.451 e. The predicted molar refractivity (Wildman–Crippen MR) is 99.9 cm³/mol. The van der Waals surface area contributed by atoms with E-state index in [0.717, 1.165) is 16.5 Å². The zero-order valence-corrected chi connectivity index (χ0v) is 14.9. The second kappa shape index (κ2) is 6.72. The Labute approximate surface area is 155 Å². The van der Waals surface area contributed by atoms with Gasteiger partial charge in [0.05, 0.1) is 0 Å². The van der Waals surface area contributed by atoms with E-state index in [4.69, 9.17) is 4.42 Å². The number of imidazole rings is 1. The van der Waals surface area contributed by atoms with Crippen LogP contribution in [0.4, 0.5) is 4.39 Å². The van der Waals surface area contributed by atoms with E-state index in [-0.39, 0.29) is 17.5 Å². The summed E-state index contributed by atoms with van der Waals surface area (Å²) in [5.41, 5.74) is 2.47. The normalized spacial score (nSPS) is 12.3. The number of benzene rings is 2. The maximum atomic E-state index is 13.3. The lowest BCUT2D eigenvalue weighted by atomic mass is 10.1. The average molecular weight is 363 g/mol. The molecule has 0 saturated heterocycles. The third kappa shape index (κ3) is 3.33. The molecule has 2 aromatic heterocycles. The highest BCUT2D eigenvalue weighted by atomic mass is 19.1. The van der Waals surface area contributed by atoms with Gasteiger partial charge in [-0.2, -0.15) is 0 Å². The number of carbonyl (C=O) groups is 1. The average Bonchev–Trinajstić information content (AvgIpc) is 3.26. The zero-order chi connectivity index (χ0) is 19.0. The quantitative estimate of drug-likeness (QED) is 0.593. The smallest absolute Gasteiger partial charge is 0.287 e. The third-order valence-corrected chi connectivity index (χ3v) is 4.49. The minimum atomic E-state index is -0.534. The summed E-state index contributed by atoms with van der Waals surface area (Å²) in [7, 11) is 1.84. The number of halogens is 1. The molecule has 1 N–H and O–H groups in total. The minimum absolute atomic E-state index is 0.219. The second-order valence-electron chi connectivity index (χ2n) is 6.51. The van der Waals surface area contributed by atoms with E-state index in [1.54, 1.807) is 30.6 Å². The van der Waals surface area contributed by atoms with Crippen molar-refractivity contribution >= 4 is 16.9 Å². The number of aromatic nitrogens is 2. The fourth-order valence-electron chi connectivity index (χ4n) is 3.08. The molecule has 136 valence electrons. The van der Waals surface area contributed by atoms with E-state index in [1.165, 1.54) is 12.1 Å². The molecule has 0 aliphatic heterocycles. The van der Waals surface area contributed by atoms with Crippen molar-refractivity contribution in [1.29, 1.82) is 0 Å². The van der Waals surface area contributed by atoms with Crippen LogP contribution in [0.3, 0.4) is 0 Å². The van der Waals surface area contributed by atoms with Crippen LogP contribution in [0.5, 0.6) is 0 Å². The van der Waals surface area contributed by atoms with Crippen molar-refractivity contribution in [1.82, 2.24) is 14.9 Å². The van der Waals surface area contributed by atoms with E-state index in [2.05, 4.69) is 10.3 Å². The van der Waals surface area contributed by atoms with Crippen molar-refractivity contribution in [2.75, 3.05) is 0 Å². The van der Waals surface area contributed by atoms with Crippen molar-refractivity contribution in [3.8, 4) is 0 Å². The number of hydrogen-bond acceptors (Lipinski definition) is 3. The molecule has 0 radical (unpaired) electrons. The van der Waals surface area contributed by atoms with Crippen molar-refractivity contribution in [3.63, 3.8) is 0 Å². The number of furan rings is 1. The number of rotatable bonds is 4. The molecule has 0 bridgehead atoms. The van der Waals surface area contributed by atoms with Crippen LogP contribution < -0.4 is 5.32 Å². The number of nitrogens with zero attached hydrogens (tertiary/aromatic N) is 2. The summed E-state index contributed by atoms with van der Waals surface area (Å²) in [6.07, 6.45) is 3.45. The standard InChI is InChI=1S/C21H18FN3O2/c1-13-3-8-17-15(11-13)12-18(27-17)21(26)24-19(20-23-9-10-25(20)2)14-4-6-16(22)7-5-14/h3-12,19H,1-2H3,(H,24,26). The molecule has 0 spiro atoms. The molecular formula is C21H18FN3O2. The van der Waals surface area contributed by atoms with Crippen LogP contribution >= 0.6 is 0 Å². The molecule has 0 saturated carbocycles. The molecule has 0 aliphatic carbocycles. The van der Waals surface area contributed by atoms with E-state index in [1.807, 2.05) is 36.7 Å². The molecule has 2 heterocycles. The van der Waals surface area contributed by atoms with Gasteiger partial charge in [-0.3, -0.25) is 4.79 Å². The lowest BCUT2D eigenvalue weighted by Crippen LogP contribution is -2.30. The highest BCUT2D eigenvalue weighted by Crippen LogP contribution is 2.24. The molecule has 27 heavy (non-hydrogen) atoms. The number of fused-ring (bicyclic) bond motifs is 1. The lowest BCUT2D eigenvalue weighted by Gasteiger charge is -2.18. The van der Waals surface area contributed by atoms with Gasteiger partial charge in [-0.1, -0.05) is 23.8 Å².